The number of carboxylic acids is 1. The molecule has 1 fully saturated rings. The maximum Gasteiger partial charge on any atom is 0.323 e. The van der Waals surface area contributed by atoms with Crippen molar-refractivity contribution >= 4 is 35.3 Å². The van der Waals surface area contributed by atoms with Crippen LogP contribution in [0.3, 0.4) is 0 Å². The summed E-state index contributed by atoms with van der Waals surface area (Å²) in [7, 11) is 3.09. The van der Waals surface area contributed by atoms with E-state index in [2.05, 4.69) is 10.6 Å². The molecule has 3 N–H and O–H groups in total. The molecule has 1 unspecified atom stereocenters. The second kappa shape index (κ2) is 13.5. The van der Waals surface area contributed by atoms with Crippen LogP contribution in [0.1, 0.15) is 24.5 Å². The minimum absolute atomic E-state index is 0.0720. The summed E-state index contributed by atoms with van der Waals surface area (Å²) in [6.07, 6.45) is 0.776. The minimum atomic E-state index is -0.951. The molecule has 0 bridgehead atoms. The SMILES string of the molecule is COc1cc(CC(=O)N2CCCN(C(=O)N(C)CC(C)C(=O)O)CC2)ccc1NC(=O)Nc1ccccc1C. The Morgan fingerprint density at radius 1 is 1.00 bits per heavy atom. The fourth-order valence-corrected chi connectivity index (χ4v) is 4.39. The molecule has 0 aliphatic carbocycles. The molecule has 1 heterocycles. The summed E-state index contributed by atoms with van der Waals surface area (Å²) in [5.41, 5.74) is 2.86. The van der Waals surface area contributed by atoms with E-state index in [9.17, 15) is 19.2 Å². The summed E-state index contributed by atoms with van der Waals surface area (Å²) in [5, 5.41) is 14.7. The Labute approximate surface area is 228 Å². The number of benzene rings is 2. The van der Waals surface area contributed by atoms with Crippen LogP contribution >= 0.6 is 0 Å². The maximum atomic E-state index is 13.1. The first kappa shape index (κ1) is 29.3. The van der Waals surface area contributed by atoms with Gasteiger partial charge in [0.05, 0.1) is 25.1 Å². The lowest BCUT2D eigenvalue weighted by Gasteiger charge is -2.28. The van der Waals surface area contributed by atoms with E-state index >= 15 is 0 Å². The Morgan fingerprint density at radius 2 is 1.67 bits per heavy atom. The zero-order valence-electron chi connectivity index (χ0n) is 22.9. The van der Waals surface area contributed by atoms with Gasteiger partial charge in [-0.1, -0.05) is 31.2 Å². The lowest BCUT2D eigenvalue weighted by molar-refractivity contribution is -0.141. The molecular formula is C28H37N5O6. The highest BCUT2D eigenvalue weighted by molar-refractivity contribution is 6.01. The molecule has 2 aromatic carbocycles. The van der Waals surface area contributed by atoms with E-state index in [1.165, 1.54) is 12.0 Å². The number of hydrogen-bond acceptors (Lipinski definition) is 5. The maximum absolute atomic E-state index is 13.1. The molecule has 0 spiro atoms. The summed E-state index contributed by atoms with van der Waals surface area (Å²) in [6, 6.07) is 12.0. The predicted molar refractivity (Wildman–Crippen MR) is 148 cm³/mol. The number of para-hydroxylation sites is 1. The fourth-order valence-electron chi connectivity index (χ4n) is 4.39. The van der Waals surface area contributed by atoms with Crippen molar-refractivity contribution < 1.29 is 29.0 Å². The number of rotatable bonds is 8. The van der Waals surface area contributed by atoms with Crippen molar-refractivity contribution in [3.05, 3.63) is 53.6 Å². The molecule has 2 aromatic rings. The van der Waals surface area contributed by atoms with E-state index < -0.39 is 17.9 Å². The van der Waals surface area contributed by atoms with Gasteiger partial charge < -0.3 is 35.2 Å². The normalized spacial score (nSPS) is 14.2. The topological polar surface area (TPSA) is 132 Å². The molecular weight excluding hydrogens is 502 g/mol. The highest BCUT2D eigenvalue weighted by Gasteiger charge is 2.26. The van der Waals surface area contributed by atoms with Gasteiger partial charge in [-0.3, -0.25) is 9.59 Å². The highest BCUT2D eigenvalue weighted by Crippen LogP contribution is 2.26. The summed E-state index contributed by atoms with van der Waals surface area (Å²) in [6.45, 7) is 5.37. The van der Waals surface area contributed by atoms with Crippen LogP contribution < -0.4 is 15.4 Å². The zero-order valence-corrected chi connectivity index (χ0v) is 22.9. The minimum Gasteiger partial charge on any atom is -0.495 e. The zero-order chi connectivity index (χ0) is 28.5. The van der Waals surface area contributed by atoms with Crippen molar-refractivity contribution in [3.8, 4) is 5.75 Å². The van der Waals surface area contributed by atoms with Gasteiger partial charge in [-0.2, -0.15) is 0 Å². The number of methoxy groups -OCH3 is 1. The summed E-state index contributed by atoms with van der Waals surface area (Å²) in [4.78, 5) is 54.3. The van der Waals surface area contributed by atoms with Crippen LogP contribution in [0, 0.1) is 12.8 Å². The van der Waals surface area contributed by atoms with Gasteiger partial charge in [-0.15, -0.1) is 0 Å². The van der Waals surface area contributed by atoms with Crippen molar-refractivity contribution in [1.82, 2.24) is 14.7 Å². The van der Waals surface area contributed by atoms with Gasteiger partial charge in [0.2, 0.25) is 5.91 Å². The number of nitrogens with zero attached hydrogens (tertiary/aromatic N) is 3. The number of anilines is 2. The Bertz CT molecular complexity index is 1200. The van der Waals surface area contributed by atoms with Gasteiger partial charge in [0.15, 0.2) is 0 Å². The summed E-state index contributed by atoms with van der Waals surface area (Å²) >= 11 is 0. The smallest absolute Gasteiger partial charge is 0.323 e. The van der Waals surface area contributed by atoms with Gasteiger partial charge in [0.1, 0.15) is 5.75 Å². The highest BCUT2D eigenvalue weighted by atomic mass is 16.5. The number of amides is 5. The number of nitrogens with one attached hydrogen (secondary N) is 2. The Kier molecular flexibility index (Phi) is 10.1. The van der Waals surface area contributed by atoms with Gasteiger partial charge in [-0.05, 0) is 42.7 Å². The summed E-state index contributed by atoms with van der Waals surface area (Å²) < 4.78 is 5.46. The summed E-state index contributed by atoms with van der Waals surface area (Å²) in [5.74, 6) is -1.25. The standard InChI is InChI=1S/C28H37N5O6/c1-19-8-5-6-9-22(19)29-27(37)30-23-11-10-21(16-24(23)39-4)17-25(34)32-12-7-13-33(15-14-32)28(38)31(3)18-20(2)26(35)36/h5-6,8-11,16,20H,7,12-15,17-18H2,1-4H3,(H,35,36)(H2,29,30,37). The number of urea groups is 2. The van der Waals surface area contributed by atoms with Crippen LogP contribution in [-0.4, -0.2) is 90.6 Å². The number of carboxylic acid groups (broad SMARTS) is 1. The number of carbonyl (C=O) groups excluding carboxylic acids is 3. The second-order valence-corrected chi connectivity index (χ2v) is 9.73. The number of aryl methyl sites for hydroxylation is 1. The van der Waals surface area contributed by atoms with Crippen molar-refractivity contribution in [2.45, 2.75) is 26.7 Å². The monoisotopic (exact) mass is 539 g/mol. The first-order chi connectivity index (χ1) is 18.6. The first-order valence-electron chi connectivity index (χ1n) is 12.9. The molecule has 39 heavy (non-hydrogen) atoms. The van der Waals surface area contributed by atoms with Crippen LogP contribution in [-0.2, 0) is 16.0 Å². The molecule has 5 amide bonds. The Hall–Kier alpha value is -4.28. The largest absolute Gasteiger partial charge is 0.495 e. The van der Waals surface area contributed by atoms with Crippen LogP contribution in [0.5, 0.6) is 5.75 Å². The van der Waals surface area contributed by atoms with E-state index in [0.29, 0.717) is 49.7 Å². The molecule has 1 atom stereocenters. The van der Waals surface area contributed by atoms with Crippen molar-refractivity contribution in [1.29, 1.82) is 0 Å². The van der Waals surface area contributed by atoms with Crippen LogP contribution in [0.4, 0.5) is 21.0 Å². The average molecular weight is 540 g/mol. The Morgan fingerprint density at radius 3 is 2.36 bits per heavy atom. The van der Waals surface area contributed by atoms with Crippen LogP contribution in [0.2, 0.25) is 0 Å². The molecule has 1 aliphatic heterocycles. The van der Waals surface area contributed by atoms with Crippen molar-refractivity contribution in [2.75, 3.05) is 57.5 Å². The molecule has 11 heteroatoms. The van der Waals surface area contributed by atoms with Gasteiger partial charge in [0, 0.05) is 45.5 Å². The van der Waals surface area contributed by atoms with Gasteiger partial charge in [0.25, 0.3) is 0 Å². The number of ether oxygens (including phenoxy) is 1. The fraction of sp³-hybridized carbons (Fsp3) is 0.429. The Balaban J connectivity index is 1.56. The molecule has 11 nitrogen and oxygen atoms in total. The number of carbonyl (C=O) groups is 4. The molecule has 3 rings (SSSR count). The van der Waals surface area contributed by atoms with E-state index in [1.807, 2.05) is 31.2 Å². The van der Waals surface area contributed by atoms with Crippen LogP contribution in [0.15, 0.2) is 42.5 Å². The van der Waals surface area contributed by atoms with E-state index in [0.717, 1.165) is 11.1 Å². The lowest BCUT2D eigenvalue weighted by Crippen LogP contribution is -2.45. The van der Waals surface area contributed by atoms with Gasteiger partial charge >= 0.3 is 18.0 Å². The van der Waals surface area contributed by atoms with E-state index in [1.54, 1.807) is 42.0 Å². The number of hydrogen-bond donors (Lipinski definition) is 3. The third-order valence-corrected chi connectivity index (χ3v) is 6.68. The first-order valence-corrected chi connectivity index (χ1v) is 12.9. The third kappa shape index (κ3) is 8.10. The quantitative estimate of drug-likeness (QED) is 0.471. The average Bonchev–Trinajstić information content (AvgIpc) is 3.16. The van der Waals surface area contributed by atoms with Gasteiger partial charge in [-0.25, -0.2) is 9.59 Å². The predicted octanol–water partition coefficient (Wildman–Crippen LogP) is 3.50. The van der Waals surface area contributed by atoms with E-state index in [4.69, 9.17) is 9.84 Å². The number of aliphatic carboxylic acids is 1. The van der Waals surface area contributed by atoms with Crippen molar-refractivity contribution in [2.24, 2.45) is 5.92 Å². The molecule has 1 aliphatic rings. The van der Waals surface area contributed by atoms with Crippen molar-refractivity contribution in [3.63, 3.8) is 0 Å². The molecule has 0 saturated carbocycles. The molecule has 1 saturated heterocycles. The molecule has 0 radical (unpaired) electrons. The molecule has 210 valence electrons. The molecule has 0 aromatic heterocycles. The third-order valence-electron chi connectivity index (χ3n) is 6.68. The van der Waals surface area contributed by atoms with E-state index in [-0.39, 0.29) is 24.9 Å². The van der Waals surface area contributed by atoms with Crippen LogP contribution in [0.25, 0.3) is 0 Å². The second-order valence-electron chi connectivity index (χ2n) is 9.73. The lowest BCUT2D eigenvalue weighted by atomic mass is 10.1.